The third-order valence-electron chi connectivity index (χ3n) is 2.80. The maximum absolute atomic E-state index is 11.1. The van der Waals surface area contributed by atoms with E-state index in [9.17, 15) is 4.79 Å². The fourth-order valence-electron chi connectivity index (χ4n) is 1.90. The van der Waals surface area contributed by atoms with E-state index in [0.29, 0.717) is 5.41 Å². The first-order valence-electron chi connectivity index (χ1n) is 4.92. The summed E-state index contributed by atoms with van der Waals surface area (Å²) in [5.41, 5.74) is 0.337. The Hall–Kier alpha value is -0.570. The van der Waals surface area contributed by atoms with E-state index in [-0.39, 0.29) is 12.5 Å². The molecule has 1 N–H and O–H groups in total. The average Bonchev–Trinajstić information content (AvgIpc) is 2.51. The summed E-state index contributed by atoms with van der Waals surface area (Å²) in [6.45, 7) is 3.22. The van der Waals surface area contributed by atoms with Gasteiger partial charge >= 0.3 is 0 Å². The first kappa shape index (κ1) is 10.5. The Morgan fingerprint density at radius 1 is 1.46 bits per heavy atom. The molecule has 0 saturated heterocycles. The Labute approximate surface area is 79.8 Å². The van der Waals surface area contributed by atoms with Crippen molar-refractivity contribution >= 4 is 5.91 Å². The van der Waals surface area contributed by atoms with Gasteiger partial charge in [0.15, 0.2) is 0 Å². The molecule has 1 aliphatic carbocycles. The zero-order valence-electron chi connectivity index (χ0n) is 8.56. The number of hydrogen-bond donors (Lipinski definition) is 1. The third-order valence-corrected chi connectivity index (χ3v) is 2.80. The van der Waals surface area contributed by atoms with E-state index in [1.165, 1.54) is 32.8 Å². The Morgan fingerprint density at radius 3 is 2.62 bits per heavy atom. The van der Waals surface area contributed by atoms with Gasteiger partial charge in [0.2, 0.25) is 5.91 Å². The number of carbonyl (C=O) groups excluding carboxylic acids is 1. The van der Waals surface area contributed by atoms with Crippen LogP contribution in [-0.4, -0.2) is 26.2 Å². The minimum Gasteiger partial charge on any atom is -0.375 e. The van der Waals surface area contributed by atoms with Crippen LogP contribution < -0.4 is 5.32 Å². The largest absolute Gasteiger partial charge is 0.375 e. The lowest BCUT2D eigenvalue weighted by molar-refractivity contribution is -0.125. The van der Waals surface area contributed by atoms with E-state index in [1.807, 2.05) is 0 Å². The van der Waals surface area contributed by atoms with Crippen LogP contribution in [0.4, 0.5) is 0 Å². The van der Waals surface area contributed by atoms with Crippen LogP contribution in [0.2, 0.25) is 0 Å². The van der Waals surface area contributed by atoms with E-state index in [2.05, 4.69) is 12.2 Å². The van der Waals surface area contributed by atoms with Crippen molar-refractivity contribution in [1.82, 2.24) is 5.32 Å². The molecule has 0 bridgehead atoms. The van der Waals surface area contributed by atoms with Crippen LogP contribution in [0.1, 0.15) is 32.6 Å². The van der Waals surface area contributed by atoms with Gasteiger partial charge in [-0.15, -0.1) is 0 Å². The van der Waals surface area contributed by atoms with Gasteiger partial charge in [-0.05, 0) is 18.3 Å². The smallest absolute Gasteiger partial charge is 0.246 e. The van der Waals surface area contributed by atoms with Crippen molar-refractivity contribution in [3.05, 3.63) is 0 Å². The molecule has 3 heteroatoms. The Morgan fingerprint density at radius 2 is 2.08 bits per heavy atom. The van der Waals surface area contributed by atoms with Crippen LogP contribution in [0, 0.1) is 5.41 Å². The number of amides is 1. The average molecular weight is 185 g/mol. The predicted octanol–water partition coefficient (Wildman–Crippen LogP) is 1.33. The van der Waals surface area contributed by atoms with E-state index >= 15 is 0 Å². The molecule has 0 aliphatic heterocycles. The molecule has 76 valence electrons. The minimum atomic E-state index is -0.00405. The number of ether oxygens (including phenoxy) is 1. The maximum Gasteiger partial charge on any atom is 0.246 e. The van der Waals surface area contributed by atoms with Gasteiger partial charge in [0.05, 0.1) is 0 Å². The molecular weight excluding hydrogens is 166 g/mol. The van der Waals surface area contributed by atoms with Crippen molar-refractivity contribution in [1.29, 1.82) is 0 Å². The molecule has 1 amide bonds. The van der Waals surface area contributed by atoms with Crippen LogP contribution in [-0.2, 0) is 9.53 Å². The highest BCUT2D eigenvalue weighted by molar-refractivity contribution is 5.77. The highest BCUT2D eigenvalue weighted by atomic mass is 16.5. The second-order valence-corrected chi connectivity index (χ2v) is 4.23. The lowest BCUT2D eigenvalue weighted by Gasteiger charge is -2.23. The first-order chi connectivity index (χ1) is 6.16. The molecule has 13 heavy (non-hydrogen) atoms. The molecule has 1 aliphatic rings. The van der Waals surface area contributed by atoms with Crippen LogP contribution in [0.15, 0.2) is 0 Å². The second kappa shape index (κ2) is 4.61. The summed E-state index contributed by atoms with van der Waals surface area (Å²) in [4.78, 5) is 11.1. The van der Waals surface area contributed by atoms with E-state index < -0.39 is 0 Å². The molecule has 0 atom stereocenters. The molecule has 1 fully saturated rings. The van der Waals surface area contributed by atoms with E-state index in [1.54, 1.807) is 0 Å². The van der Waals surface area contributed by atoms with Gasteiger partial charge in [-0.3, -0.25) is 4.79 Å². The quantitative estimate of drug-likeness (QED) is 0.717. The fraction of sp³-hybridized carbons (Fsp3) is 0.900. The summed E-state index contributed by atoms with van der Waals surface area (Å²) in [6, 6.07) is 0. The highest BCUT2D eigenvalue weighted by Crippen LogP contribution is 2.36. The van der Waals surface area contributed by atoms with Crippen molar-refractivity contribution in [2.24, 2.45) is 5.41 Å². The van der Waals surface area contributed by atoms with Crippen molar-refractivity contribution in [2.45, 2.75) is 32.6 Å². The van der Waals surface area contributed by atoms with Gasteiger partial charge < -0.3 is 10.1 Å². The maximum atomic E-state index is 11.1. The molecule has 0 aromatic rings. The summed E-state index contributed by atoms with van der Waals surface area (Å²) in [5, 5.41) is 2.90. The van der Waals surface area contributed by atoms with E-state index in [4.69, 9.17) is 4.74 Å². The molecule has 1 saturated carbocycles. The lowest BCUT2D eigenvalue weighted by Crippen LogP contribution is -2.35. The predicted molar refractivity (Wildman–Crippen MR) is 51.5 cm³/mol. The SMILES string of the molecule is COCC(=O)NCC1(C)CCCC1. The van der Waals surface area contributed by atoms with Crippen LogP contribution in [0.25, 0.3) is 0 Å². The van der Waals surface area contributed by atoms with Gasteiger partial charge in [0, 0.05) is 13.7 Å². The highest BCUT2D eigenvalue weighted by Gasteiger charge is 2.28. The van der Waals surface area contributed by atoms with E-state index in [0.717, 1.165) is 6.54 Å². The molecule has 1 rings (SSSR count). The van der Waals surface area contributed by atoms with Gasteiger partial charge in [-0.25, -0.2) is 0 Å². The Balaban J connectivity index is 2.21. The van der Waals surface area contributed by atoms with Crippen molar-refractivity contribution in [3.8, 4) is 0 Å². The topological polar surface area (TPSA) is 38.3 Å². The standard InChI is InChI=1S/C10H19NO2/c1-10(5-3-4-6-10)8-11-9(12)7-13-2/h3-8H2,1-2H3,(H,11,12). The molecule has 0 radical (unpaired) electrons. The molecule has 0 unspecified atom stereocenters. The summed E-state index contributed by atoms with van der Waals surface area (Å²) in [7, 11) is 1.54. The lowest BCUT2D eigenvalue weighted by atomic mass is 9.89. The summed E-state index contributed by atoms with van der Waals surface area (Å²) < 4.78 is 4.74. The monoisotopic (exact) mass is 185 g/mol. The molecule has 0 heterocycles. The Kier molecular flexibility index (Phi) is 3.72. The third kappa shape index (κ3) is 3.35. The zero-order valence-corrected chi connectivity index (χ0v) is 8.56. The number of rotatable bonds is 4. The zero-order chi connectivity index (χ0) is 9.73. The fourth-order valence-corrected chi connectivity index (χ4v) is 1.90. The molecule has 3 nitrogen and oxygen atoms in total. The van der Waals surface area contributed by atoms with Crippen molar-refractivity contribution < 1.29 is 9.53 Å². The minimum absolute atomic E-state index is 0.00405. The second-order valence-electron chi connectivity index (χ2n) is 4.23. The summed E-state index contributed by atoms with van der Waals surface area (Å²) in [5.74, 6) is -0.00405. The number of carbonyl (C=O) groups is 1. The Bertz CT molecular complexity index is 174. The number of nitrogens with one attached hydrogen (secondary N) is 1. The summed E-state index contributed by atoms with van der Waals surface area (Å²) in [6.07, 6.45) is 5.08. The van der Waals surface area contributed by atoms with Crippen molar-refractivity contribution in [3.63, 3.8) is 0 Å². The normalized spacial score (nSPS) is 20.2. The summed E-state index contributed by atoms with van der Waals surface area (Å²) >= 11 is 0. The van der Waals surface area contributed by atoms with Gasteiger partial charge in [-0.1, -0.05) is 19.8 Å². The molecule has 0 aromatic heterocycles. The van der Waals surface area contributed by atoms with Gasteiger partial charge in [0.25, 0.3) is 0 Å². The van der Waals surface area contributed by atoms with Gasteiger partial charge in [-0.2, -0.15) is 0 Å². The number of methoxy groups -OCH3 is 1. The van der Waals surface area contributed by atoms with Crippen molar-refractivity contribution in [2.75, 3.05) is 20.3 Å². The number of hydrogen-bond acceptors (Lipinski definition) is 2. The molecular formula is C10H19NO2. The van der Waals surface area contributed by atoms with Gasteiger partial charge in [0.1, 0.15) is 6.61 Å². The van der Waals surface area contributed by atoms with Crippen LogP contribution in [0.5, 0.6) is 0 Å². The molecule has 0 spiro atoms. The van der Waals surface area contributed by atoms with Crippen LogP contribution >= 0.6 is 0 Å². The molecule has 0 aromatic carbocycles. The van der Waals surface area contributed by atoms with Crippen LogP contribution in [0.3, 0.4) is 0 Å². The first-order valence-corrected chi connectivity index (χ1v) is 4.92.